The van der Waals surface area contributed by atoms with Gasteiger partial charge in [0.2, 0.25) is 5.88 Å². The number of hydrogen-bond acceptors (Lipinski definition) is 3. The van der Waals surface area contributed by atoms with E-state index >= 15 is 0 Å². The smallest absolute Gasteiger partial charge is 0.422 e. The Morgan fingerprint density at radius 2 is 2.14 bits per heavy atom. The standard InChI is InChI=1S/C14H17F3N2O2/c1-4-19(8-10(2)3)13(20)11-6-5-7-18-12(11)21-9-14(15,16)17/h5-7H,2,4,8-9H2,1,3H3. The number of nitrogens with zero attached hydrogens (tertiary/aromatic N) is 2. The van der Waals surface area contributed by atoms with Crippen LogP contribution in [0.25, 0.3) is 0 Å². The van der Waals surface area contributed by atoms with Gasteiger partial charge < -0.3 is 9.64 Å². The van der Waals surface area contributed by atoms with Crippen LogP contribution in [0.2, 0.25) is 0 Å². The van der Waals surface area contributed by atoms with E-state index in [1.54, 1.807) is 13.8 Å². The molecule has 0 saturated heterocycles. The van der Waals surface area contributed by atoms with Crippen molar-refractivity contribution in [1.29, 1.82) is 0 Å². The summed E-state index contributed by atoms with van der Waals surface area (Å²) in [4.78, 5) is 17.5. The number of alkyl halides is 3. The van der Waals surface area contributed by atoms with E-state index in [0.717, 1.165) is 5.57 Å². The molecule has 0 spiro atoms. The molecule has 7 heteroatoms. The summed E-state index contributed by atoms with van der Waals surface area (Å²) in [6.07, 6.45) is -3.21. The van der Waals surface area contributed by atoms with Crippen molar-refractivity contribution in [2.45, 2.75) is 20.0 Å². The maximum atomic E-state index is 12.3. The molecular weight excluding hydrogens is 285 g/mol. The minimum Gasteiger partial charge on any atom is -0.467 e. The summed E-state index contributed by atoms with van der Waals surface area (Å²) in [5, 5.41) is 0. The molecule has 0 saturated carbocycles. The molecule has 0 fully saturated rings. The van der Waals surface area contributed by atoms with Crippen LogP contribution in [0, 0.1) is 0 Å². The Bertz CT molecular complexity index is 515. The van der Waals surface area contributed by atoms with Crippen LogP contribution in [0.1, 0.15) is 24.2 Å². The molecule has 0 aliphatic rings. The third kappa shape index (κ3) is 5.45. The second-order valence-corrected chi connectivity index (χ2v) is 4.54. The van der Waals surface area contributed by atoms with Gasteiger partial charge in [0, 0.05) is 19.3 Å². The van der Waals surface area contributed by atoms with Crippen LogP contribution >= 0.6 is 0 Å². The van der Waals surface area contributed by atoms with Gasteiger partial charge >= 0.3 is 6.18 Å². The molecule has 21 heavy (non-hydrogen) atoms. The monoisotopic (exact) mass is 302 g/mol. The van der Waals surface area contributed by atoms with E-state index in [0.29, 0.717) is 13.1 Å². The van der Waals surface area contributed by atoms with Crippen LogP contribution in [0.3, 0.4) is 0 Å². The van der Waals surface area contributed by atoms with Gasteiger partial charge in [-0.1, -0.05) is 12.2 Å². The van der Waals surface area contributed by atoms with E-state index in [-0.39, 0.29) is 11.4 Å². The lowest BCUT2D eigenvalue weighted by Crippen LogP contribution is -2.33. The average molecular weight is 302 g/mol. The Hall–Kier alpha value is -2.05. The average Bonchev–Trinajstić information content (AvgIpc) is 2.41. The van der Waals surface area contributed by atoms with Crippen molar-refractivity contribution in [1.82, 2.24) is 9.88 Å². The molecule has 0 aliphatic carbocycles. The summed E-state index contributed by atoms with van der Waals surface area (Å²) in [6.45, 7) is 6.49. The molecule has 0 bridgehead atoms. The fourth-order valence-electron chi connectivity index (χ4n) is 1.64. The first-order valence-corrected chi connectivity index (χ1v) is 6.32. The molecule has 1 rings (SSSR count). The van der Waals surface area contributed by atoms with Crippen molar-refractivity contribution < 1.29 is 22.7 Å². The zero-order chi connectivity index (χ0) is 16.0. The molecule has 0 radical (unpaired) electrons. The highest BCUT2D eigenvalue weighted by Crippen LogP contribution is 2.21. The minimum atomic E-state index is -4.49. The quantitative estimate of drug-likeness (QED) is 0.758. The number of pyridine rings is 1. The summed E-state index contributed by atoms with van der Waals surface area (Å²) in [5.74, 6) is -0.759. The summed E-state index contributed by atoms with van der Waals surface area (Å²) in [5.41, 5.74) is 0.775. The molecule has 1 aromatic heterocycles. The molecule has 0 aliphatic heterocycles. The highest BCUT2D eigenvalue weighted by atomic mass is 19.4. The first-order valence-electron chi connectivity index (χ1n) is 6.32. The van der Waals surface area contributed by atoms with E-state index in [9.17, 15) is 18.0 Å². The summed E-state index contributed by atoms with van der Waals surface area (Å²) < 4.78 is 41.2. The predicted molar refractivity (Wildman–Crippen MR) is 72.2 cm³/mol. The van der Waals surface area contributed by atoms with Crippen LogP contribution in [0.15, 0.2) is 30.5 Å². The van der Waals surface area contributed by atoms with Gasteiger partial charge in [-0.15, -0.1) is 0 Å². The van der Waals surface area contributed by atoms with E-state index in [2.05, 4.69) is 16.3 Å². The SMILES string of the molecule is C=C(C)CN(CC)C(=O)c1cccnc1OCC(F)(F)F. The Kier molecular flexibility index (Phi) is 5.75. The molecule has 0 N–H and O–H groups in total. The van der Waals surface area contributed by atoms with Gasteiger partial charge in [-0.2, -0.15) is 13.2 Å². The zero-order valence-electron chi connectivity index (χ0n) is 11.9. The zero-order valence-corrected chi connectivity index (χ0v) is 11.9. The number of carbonyl (C=O) groups excluding carboxylic acids is 1. The molecule has 1 amide bonds. The summed E-state index contributed by atoms with van der Waals surface area (Å²) in [6, 6.07) is 2.87. The van der Waals surface area contributed by atoms with Gasteiger partial charge in [0.25, 0.3) is 5.91 Å². The molecule has 0 aromatic carbocycles. The Morgan fingerprint density at radius 1 is 1.48 bits per heavy atom. The maximum Gasteiger partial charge on any atom is 0.422 e. The van der Waals surface area contributed by atoms with Crippen molar-refractivity contribution in [2.75, 3.05) is 19.7 Å². The Labute approximate surface area is 121 Å². The Morgan fingerprint density at radius 3 is 2.67 bits per heavy atom. The molecule has 0 atom stereocenters. The number of hydrogen-bond donors (Lipinski definition) is 0. The molecule has 0 unspecified atom stereocenters. The maximum absolute atomic E-state index is 12.3. The number of ether oxygens (including phenoxy) is 1. The van der Waals surface area contributed by atoms with Crippen LogP contribution in [0.4, 0.5) is 13.2 Å². The second kappa shape index (κ2) is 7.10. The van der Waals surface area contributed by atoms with Crippen LogP contribution < -0.4 is 4.74 Å². The van der Waals surface area contributed by atoms with Crippen molar-refractivity contribution >= 4 is 5.91 Å². The molecule has 116 valence electrons. The number of amides is 1. The predicted octanol–water partition coefficient (Wildman–Crippen LogP) is 3.06. The lowest BCUT2D eigenvalue weighted by Gasteiger charge is -2.22. The van der Waals surface area contributed by atoms with Gasteiger partial charge in [0.1, 0.15) is 5.56 Å². The van der Waals surface area contributed by atoms with E-state index in [1.165, 1.54) is 23.2 Å². The first-order chi connectivity index (χ1) is 9.74. The molecule has 4 nitrogen and oxygen atoms in total. The van der Waals surface area contributed by atoms with E-state index in [4.69, 9.17) is 0 Å². The summed E-state index contributed by atoms with van der Waals surface area (Å²) in [7, 11) is 0. The highest BCUT2D eigenvalue weighted by molar-refractivity contribution is 5.96. The van der Waals surface area contributed by atoms with Gasteiger partial charge in [0.15, 0.2) is 6.61 Å². The largest absolute Gasteiger partial charge is 0.467 e. The highest BCUT2D eigenvalue weighted by Gasteiger charge is 2.30. The van der Waals surface area contributed by atoms with Crippen LogP contribution in [-0.2, 0) is 0 Å². The third-order valence-electron chi connectivity index (χ3n) is 2.50. The second-order valence-electron chi connectivity index (χ2n) is 4.54. The number of halogens is 3. The van der Waals surface area contributed by atoms with Crippen LogP contribution in [-0.4, -0.2) is 41.7 Å². The molecular formula is C14H17F3N2O2. The summed E-state index contributed by atoms with van der Waals surface area (Å²) >= 11 is 0. The third-order valence-corrected chi connectivity index (χ3v) is 2.50. The van der Waals surface area contributed by atoms with Crippen molar-refractivity contribution in [3.05, 3.63) is 36.0 Å². The molecule has 1 heterocycles. The Balaban J connectivity index is 2.95. The lowest BCUT2D eigenvalue weighted by molar-refractivity contribution is -0.154. The van der Waals surface area contributed by atoms with E-state index in [1.807, 2.05) is 0 Å². The van der Waals surface area contributed by atoms with Gasteiger partial charge in [-0.05, 0) is 26.0 Å². The minimum absolute atomic E-state index is 0.00449. The van der Waals surface area contributed by atoms with Crippen LogP contribution in [0.5, 0.6) is 5.88 Å². The topological polar surface area (TPSA) is 42.4 Å². The van der Waals surface area contributed by atoms with Crippen molar-refractivity contribution in [3.8, 4) is 5.88 Å². The normalized spacial score (nSPS) is 11.1. The van der Waals surface area contributed by atoms with Gasteiger partial charge in [-0.25, -0.2) is 4.98 Å². The fraction of sp³-hybridized carbons (Fsp3) is 0.429. The van der Waals surface area contributed by atoms with Gasteiger partial charge in [0.05, 0.1) is 0 Å². The number of rotatable bonds is 6. The lowest BCUT2D eigenvalue weighted by atomic mass is 10.2. The van der Waals surface area contributed by atoms with Crippen molar-refractivity contribution in [2.24, 2.45) is 0 Å². The first kappa shape index (κ1) is 17.0. The van der Waals surface area contributed by atoms with E-state index < -0.39 is 18.7 Å². The number of aromatic nitrogens is 1. The van der Waals surface area contributed by atoms with Gasteiger partial charge in [-0.3, -0.25) is 4.79 Å². The number of carbonyl (C=O) groups is 1. The van der Waals surface area contributed by atoms with Crippen molar-refractivity contribution in [3.63, 3.8) is 0 Å². The number of likely N-dealkylation sites (N-methyl/N-ethyl adjacent to an activating group) is 1. The molecule has 1 aromatic rings. The fourth-order valence-corrected chi connectivity index (χ4v) is 1.64.